The van der Waals surface area contributed by atoms with Crippen molar-refractivity contribution in [2.75, 3.05) is 5.32 Å². The number of pyridine rings is 1. The predicted octanol–water partition coefficient (Wildman–Crippen LogP) is 3.11. The van der Waals surface area contributed by atoms with Crippen molar-refractivity contribution in [1.82, 2.24) is 19.9 Å². The average molecular weight is 389 g/mol. The molecule has 1 aliphatic rings. The quantitative estimate of drug-likeness (QED) is 0.702. The lowest BCUT2D eigenvalue weighted by atomic mass is 10.1. The third-order valence-corrected chi connectivity index (χ3v) is 5.02. The zero-order chi connectivity index (χ0) is 20.2. The minimum atomic E-state index is -0.286. The van der Waals surface area contributed by atoms with Crippen LogP contribution in [0.1, 0.15) is 50.8 Å². The van der Waals surface area contributed by atoms with Crippen LogP contribution in [0.5, 0.6) is 0 Å². The fourth-order valence-electron chi connectivity index (χ4n) is 3.49. The van der Waals surface area contributed by atoms with Crippen LogP contribution in [0.2, 0.25) is 0 Å². The number of hydrogen-bond donors (Lipinski definition) is 2. The Morgan fingerprint density at radius 3 is 2.69 bits per heavy atom. The Labute approximate surface area is 169 Å². The van der Waals surface area contributed by atoms with E-state index >= 15 is 0 Å². The summed E-state index contributed by atoms with van der Waals surface area (Å²) < 4.78 is 1.88. The molecular formula is C22H23N5O2. The number of carbonyl (C=O) groups is 2. The van der Waals surface area contributed by atoms with Crippen LogP contribution in [0.4, 0.5) is 5.69 Å². The molecule has 0 bridgehead atoms. The van der Waals surface area contributed by atoms with E-state index in [4.69, 9.17) is 0 Å². The van der Waals surface area contributed by atoms with E-state index in [-0.39, 0.29) is 17.6 Å². The molecule has 0 radical (unpaired) electrons. The van der Waals surface area contributed by atoms with Gasteiger partial charge in [0.05, 0.1) is 5.69 Å². The fraction of sp³-hybridized carbons (Fsp3) is 0.273. The van der Waals surface area contributed by atoms with Gasteiger partial charge in [-0.05, 0) is 49.9 Å². The minimum absolute atomic E-state index is 0.286. The van der Waals surface area contributed by atoms with Crippen LogP contribution >= 0.6 is 0 Å². The highest BCUT2D eigenvalue weighted by atomic mass is 16.2. The maximum absolute atomic E-state index is 12.9. The Balaban J connectivity index is 1.55. The van der Waals surface area contributed by atoms with Crippen molar-refractivity contribution in [3.05, 3.63) is 77.1 Å². The molecule has 2 aromatic heterocycles. The van der Waals surface area contributed by atoms with E-state index in [0.717, 1.165) is 36.1 Å². The van der Waals surface area contributed by atoms with E-state index in [1.807, 2.05) is 47.9 Å². The zero-order valence-electron chi connectivity index (χ0n) is 16.3. The van der Waals surface area contributed by atoms with Crippen molar-refractivity contribution < 1.29 is 9.59 Å². The molecule has 2 amide bonds. The summed E-state index contributed by atoms with van der Waals surface area (Å²) in [5, 5.41) is 5.77. The normalized spacial score (nSPS) is 12.9. The van der Waals surface area contributed by atoms with Gasteiger partial charge in [-0.1, -0.05) is 23.8 Å². The molecule has 0 aliphatic carbocycles. The highest BCUT2D eigenvalue weighted by Gasteiger charge is 2.27. The Morgan fingerprint density at radius 2 is 1.93 bits per heavy atom. The average Bonchev–Trinajstić information content (AvgIpc) is 3.14. The molecule has 3 heterocycles. The molecule has 3 aromatic rings. The monoisotopic (exact) mass is 389 g/mol. The molecule has 7 heteroatoms. The molecule has 1 aromatic carbocycles. The van der Waals surface area contributed by atoms with Gasteiger partial charge in [-0.15, -0.1) is 0 Å². The van der Waals surface area contributed by atoms with E-state index in [9.17, 15) is 9.59 Å². The van der Waals surface area contributed by atoms with Crippen LogP contribution in [0, 0.1) is 6.92 Å². The Hall–Kier alpha value is -3.48. The standard InChI is InChI=1S/C22H23N5O2/c1-15-7-9-17(10-8-15)25-21(28)19-18-6-2-3-12-27(18)20(26-19)22(29)24-14-16-5-4-11-23-13-16/h4-5,7-11,13H,2-3,6,12,14H2,1H3,(H,24,29)(H,25,28). The van der Waals surface area contributed by atoms with Crippen molar-refractivity contribution in [1.29, 1.82) is 0 Å². The van der Waals surface area contributed by atoms with Crippen molar-refractivity contribution in [2.45, 2.75) is 39.3 Å². The molecule has 1 aliphatic heterocycles. The van der Waals surface area contributed by atoms with Crippen LogP contribution in [0.3, 0.4) is 0 Å². The second kappa shape index (κ2) is 8.26. The van der Waals surface area contributed by atoms with Crippen molar-refractivity contribution in [2.24, 2.45) is 0 Å². The van der Waals surface area contributed by atoms with Gasteiger partial charge in [0.1, 0.15) is 0 Å². The number of aromatic nitrogens is 3. The molecule has 0 spiro atoms. The van der Waals surface area contributed by atoms with E-state index < -0.39 is 0 Å². The lowest BCUT2D eigenvalue weighted by molar-refractivity contribution is 0.0935. The smallest absolute Gasteiger partial charge is 0.287 e. The summed E-state index contributed by atoms with van der Waals surface area (Å²) in [7, 11) is 0. The third kappa shape index (κ3) is 4.18. The molecule has 148 valence electrons. The summed E-state index contributed by atoms with van der Waals surface area (Å²) in [6.07, 6.45) is 6.08. The number of rotatable bonds is 5. The van der Waals surface area contributed by atoms with Gasteiger partial charge in [0, 0.05) is 31.2 Å². The Morgan fingerprint density at radius 1 is 1.10 bits per heavy atom. The summed E-state index contributed by atoms with van der Waals surface area (Å²) in [5.41, 5.74) is 3.89. The van der Waals surface area contributed by atoms with Crippen LogP contribution in [-0.4, -0.2) is 26.3 Å². The first-order chi connectivity index (χ1) is 14.1. The van der Waals surface area contributed by atoms with Gasteiger partial charge in [-0.25, -0.2) is 4.98 Å². The van der Waals surface area contributed by atoms with Gasteiger partial charge in [-0.2, -0.15) is 0 Å². The highest BCUT2D eigenvalue weighted by Crippen LogP contribution is 2.22. The number of imidazole rings is 1. The molecule has 0 saturated carbocycles. The first-order valence-corrected chi connectivity index (χ1v) is 9.76. The second-order valence-electron chi connectivity index (χ2n) is 7.20. The minimum Gasteiger partial charge on any atom is -0.345 e. The summed E-state index contributed by atoms with van der Waals surface area (Å²) in [4.78, 5) is 34.1. The van der Waals surface area contributed by atoms with Gasteiger partial charge in [0.2, 0.25) is 0 Å². The van der Waals surface area contributed by atoms with E-state index in [1.54, 1.807) is 12.4 Å². The van der Waals surface area contributed by atoms with Gasteiger partial charge >= 0.3 is 0 Å². The summed E-state index contributed by atoms with van der Waals surface area (Å²) in [6, 6.07) is 11.3. The number of amides is 2. The lowest BCUT2D eigenvalue weighted by Crippen LogP contribution is -2.27. The number of carbonyl (C=O) groups excluding carboxylic acids is 2. The number of fused-ring (bicyclic) bond motifs is 1. The Bertz CT molecular complexity index is 1030. The second-order valence-corrected chi connectivity index (χ2v) is 7.20. The van der Waals surface area contributed by atoms with Crippen molar-refractivity contribution in [3.63, 3.8) is 0 Å². The molecule has 4 rings (SSSR count). The van der Waals surface area contributed by atoms with Crippen LogP contribution in [0.25, 0.3) is 0 Å². The van der Waals surface area contributed by atoms with E-state index in [0.29, 0.717) is 24.5 Å². The van der Waals surface area contributed by atoms with Gasteiger partial charge in [0.25, 0.3) is 11.8 Å². The Kier molecular flexibility index (Phi) is 5.37. The number of anilines is 1. The van der Waals surface area contributed by atoms with Gasteiger partial charge < -0.3 is 15.2 Å². The molecule has 2 N–H and O–H groups in total. The molecule has 0 unspecified atom stereocenters. The van der Waals surface area contributed by atoms with Crippen LogP contribution in [-0.2, 0) is 19.5 Å². The van der Waals surface area contributed by atoms with Crippen LogP contribution in [0.15, 0.2) is 48.8 Å². The maximum Gasteiger partial charge on any atom is 0.287 e. The van der Waals surface area contributed by atoms with Gasteiger partial charge in [-0.3, -0.25) is 14.6 Å². The number of nitrogens with one attached hydrogen (secondary N) is 2. The molecule has 0 fully saturated rings. The molecule has 29 heavy (non-hydrogen) atoms. The SMILES string of the molecule is Cc1ccc(NC(=O)c2nc(C(=O)NCc3cccnc3)n3c2CCCC3)cc1. The first-order valence-electron chi connectivity index (χ1n) is 9.76. The zero-order valence-corrected chi connectivity index (χ0v) is 16.3. The third-order valence-electron chi connectivity index (χ3n) is 5.02. The molecular weight excluding hydrogens is 366 g/mol. The topological polar surface area (TPSA) is 88.9 Å². The van der Waals surface area contributed by atoms with Crippen molar-refractivity contribution >= 4 is 17.5 Å². The molecule has 7 nitrogen and oxygen atoms in total. The number of aryl methyl sites for hydroxylation is 1. The first kappa shape index (κ1) is 18.9. The summed E-state index contributed by atoms with van der Waals surface area (Å²) in [5.74, 6) is -0.283. The fourth-order valence-corrected chi connectivity index (χ4v) is 3.49. The summed E-state index contributed by atoms with van der Waals surface area (Å²) >= 11 is 0. The number of benzene rings is 1. The maximum atomic E-state index is 12.9. The summed E-state index contributed by atoms with van der Waals surface area (Å²) in [6.45, 7) is 3.04. The molecule has 0 atom stereocenters. The van der Waals surface area contributed by atoms with Crippen molar-refractivity contribution in [3.8, 4) is 0 Å². The number of nitrogens with zero attached hydrogens (tertiary/aromatic N) is 3. The highest BCUT2D eigenvalue weighted by molar-refractivity contribution is 6.05. The number of hydrogen-bond acceptors (Lipinski definition) is 4. The predicted molar refractivity (Wildman–Crippen MR) is 110 cm³/mol. The largest absolute Gasteiger partial charge is 0.345 e. The molecule has 0 saturated heterocycles. The van der Waals surface area contributed by atoms with Gasteiger partial charge in [0.15, 0.2) is 11.5 Å². The van der Waals surface area contributed by atoms with Crippen LogP contribution < -0.4 is 10.6 Å². The van der Waals surface area contributed by atoms with E-state index in [2.05, 4.69) is 20.6 Å². The van der Waals surface area contributed by atoms with E-state index in [1.165, 1.54) is 0 Å². The lowest BCUT2D eigenvalue weighted by Gasteiger charge is -2.17.